The third-order valence-corrected chi connectivity index (χ3v) is 12.1. The number of nitrogens with one attached hydrogen (secondary N) is 3. The lowest BCUT2D eigenvalue weighted by atomic mass is 9.95. The molecule has 2 saturated heterocycles. The van der Waals surface area contributed by atoms with Gasteiger partial charge in [-0.25, -0.2) is 23.4 Å². The number of carbonyl (C=O) groups excluding carboxylic acids is 4. The van der Waals surface area contributed by atoms with Crippen molar-refractivity contribution in [2.45, 2.75) is 69.6 Å². The van der Waals surface area contributed by atoms with Gasteiger partial charge in [-0.15, -0.1) is 0 Å². The maximum Gasteiger partial charge on any atom is 0.407 e. The van der Waals surface area contributed by atoms with Crippen LogP contribution in [0.4, 0.5) is 18.4 Å². The fraction of sp³-hybridized carbons (Fsp3) is 0.333. The van der Waals surface area contributed by atoms with E-state index in [1.807, 2.05) is 44.2 Å². The number of hydrogen-bond acceptors (Lipinski definition) is 8. The number of rotatable bonds is 11. The first-order valence-electron chi connectivity index (χ1n) is 21.0. The number of aliphatic imine (C=N–C) groups is 1. The van der Waals surface area contributed by atoms with E-state index >= 15 is 8.78 Å². The summed E-state index contributed by atoms with van der Waals surface area (Å²) in [6.45, 7) is 3.56. The molecule has 326 valence electrons. The van der Waals surface area contributed by atoms with Gasteiger partial charge < -0.3 is 34.9 Å². The first-order valence-corrected chi connectivity index (χ1v) is 21.0. The fourth-order valence-corrected chi connectivity index (χ4v) is 8.76. The maximum atomic E-state index is 15.0. The van der Waals surface area contributed by atoms with Crippen molar-refractivity contribution in [3.05, 3.63) is 120 Å². The highest BCUT2D eigenvalue weighted by atomic mass is 19.3. The highest BCUT2D eigenvalue weighted by Gasteiger charge is 2.50. The summed E-state index contributed by atoms with van der Waals surface area (Å²) in [4.78, 5) is 67.3. The number of imidazole rings is 1. The van der Waals surface area contributed by atoms with Crippen LogP contribution in [0.5, 0.6) is 0 Å². The topological polar surface area (TPSA) is 158 Å². The normalized spacial score (nSPS) is 19.1. The molecule has 63 heavy (non-hydrogen) atoms. The Balaban J connectivity index is 0.930. The Morgan fingerprint density at radius 3 is 2.14 bits per heavy atom. The fourth-order valence-electron chi connectivity index (χ4n) is 8.76. The van der Waals surface area contributed by atoms with E-state index in [4.69, 9.17) is 14.5 Å². The Labute approximate surface area is 363 Å². The van der Waals surface area contributed by atoms with Crippen LogP contribution in [0.2, 0.25) is 0 Å². The molecule has 0 bridgehead atoms. The summed E-state index contributed by atoms with van der Waals surface area (Å²) in [6.07, 6.45) is 3.29. The molecule has 0 spiro atoms. The number of likely N-dealkylation sites (tertiary alicyclic amines) is 2. The number of aromatic nitrogens is 2. The van der Waals surface area contributed by atoms with Crippen molar-refractivity contribution in [1.29, 1.82) is 0 Å². The second-order valence-corrected chi connectivity index (χ2v) is 16.6. The molecule has 0 saturated carbocycles. The van der Waals surface area contributed by atoms with Gasteiger partial charge in [0, 0.05) is 36.9 Å². The highest BCUT2D eigenvalue weighted by Crippen LogP contribution is 2.39. The second kappa shape index (κ2) is 17.8. The van der Waals surface area contributed by atoms with Gasteiger partial charge in [-0.3, -0.25) is 14.6 Å². The van der Waals surface area contributed by atoms with Gasteiger partial charge in [0.15, 0.2) is 0 Å². The average molecular weight is 858 g/mol. The summed E-state index contributed by atoms with van der Waals surface area (Å²) in [5.41, 5.74) is 6.46. The van der Waals surface area contributed by atoms with Crippen LogP contribution in [0.25, 0.3) is 38.7 Å². The van der Waals surface area contributed by atoms with Crippen LogP contribution in [0.15, 0.2) is 108 Å². The molecule has 4 amide bonds. The molecule has 8 rings (SSSR count). The number of nitrogens with zero attached hydrogens (tertiary/aromatic N) is 4. The van der Waals surface area contributed by atoms with Crippen molar-refractivity contribution in [3.63, 3.8) is 0 Å². The van der Waals surface area contributed by atoms with Crippen molar-refractivity contribution in [2.75, 3.05) is 27.3 Å². The van der Waals surface area contributed by atoms with E-state index in [-0.39, 0.29) is 17.9 Å². The number of hydrogen-bond donors (Lipinski definition) is 3. The minimum absolute atomic E-state index is 0.126. The molecule has 15 heteroatoms. The first kappa shape index (κ1) is 42.8. The zero-order valence-corrected chi connectivity index (χ0v) is 35.4. The molecule has 2 fully saturated rings. The summed E-state index contributed by atoms with van der Waals surface area (Å²) in [7, 11) is 2.45. The van der Waals surface area contributed by atoms with Gasteiger partial charge in [0.25, 0.3) is 11.8 Å². The van der Waals surface area contributed by atoms with Gasteiger partial charge in [-0.05, 0) is 69.5 Å². The van der Waals surface area contributed by atoms with Crippen LogP contribution in [0, 0.1) is 5.92 Å². The number of benzene rings is 4. The lowest BCUT2D eigenvalue weighted by Gasteiger charge is -2.30. The molecule has 3 aliphatic rings. The Bertz CT molecular complexity index is 2590. The van der Waals surface area contributed by atoms with E-state index in [1.54, 1.807) is 47.6 Å². The molecular formula is C48H49F2N7O6. The Morgan fingerprint density at radius 2 is 1.44 bits per heavy atom. The van der Waals surface area contributed by atoms with E-state index in [9.17, 15) is 19.2 Å². The number of halogens is 2. The summed E-state index contributed by atoms with van der Waals surface area (Å²) >= 11 is 0. The Kier molecular flexibility index (Phi) is 12.1. The van der Waals surface area contributed by atoms with Crippen LogP contribution in [-0.4, -0.2) is 94.8 Å². The van der Waals surface area contributed by atoms with Crippen molar-refractivity contribution in [1.82, 2.24) is 30.4 Å². The number of alkyl halides is 2. The first-order chi connectivity index (χ1) is 30.3. The van der Waals surface area contributed by atoms with Gasteiger partial charge >= 0.3 is 12.2 Å². The molecule has 4 heterocycles. The van der Waals surface area contributed by atoms with Crippen LogP contribution < -0.4 is 10.6 Å². The molecule has 0 radical (unpaired) electrons. The van der Waals surface area contributed by atoms with E-state index in [2.05, 4.69) is 50.9 Å². The minimum Gasteiger partial charge on any atom is -0.453 e. The van der Waals surface area contributed by atoms with Crippen molar-refractivity contribution in [3.8, 4) is 22.4 Å². The van der Waals surface area contributed by atoms with E-state index in [1.165, 1.54) is 14.2 Å². The molecule has 13 nitrogen and oxygen atoms in total. The maximum absolute atomic E-state index is 15.0. The molecule has 3 aliphatic heterocycles. The average Bonchev–Trinajstić information content (AvgIpc) is 4.13. The van der Waals surface area contributed by atoms with Gasteiger partial charge in [0.1, 0.15) is 17.9 Å². The van der Waals surface area contributed by atoms with E-state index < -0.39 is 55.1 Å². The standard InChI is InChI=1S/C48H49F2N7O6/c1-28(2)41(54-46(60)62-3)44(58)56-20-8-11-39(56)43-52-26-38(53-43)35-19-18-33-21-32(16-17-34(33)22-35)29-12-14-30(15-13-29)36-23-37(51-25-36)40-24-48(49,50)27-57(40)45(59)42(55-47(61)63-4)31-9-6-5-7-10-31/h5-7,9-10,12-19,21-22,25-26,28,39-42H,8,11,20,23-24,27H2,1-4H3,(H,52,53)(H,54,60)(H,55,61)/t39-,40-,41-,42+/m0/s1. The third kappa shape index (κ3) is 9.04. The van der Waals surface area contributed by atoms with Crippen molar-refractivity contribution in [2.24, 2.45) is 10.9 Å². The zero-order chi connectivity index (χ0) is 44.4. The van der Waals surface area contributed by atoms with Crippen LogP contribution in [0.1, 0.15) is 68.6 Å². The third-order valence-electron chi connectivity index (χ3n) is 12.1. The van der Waals surface area contributed by atoms with Crippen LogP contribution in [0.3, 0.4) is 0 Å². The predicted octanol–water partition coefficient (Wildman–Crippen LogP) is 8.46. The molecule has 4 atom stereocenters. The lowest BCUT2D eigenvalue weighted by Crippen LogP contribution is -2.51. The zero-order valence-electron chi connectivity index (χ0n) is 35.4. The smallest absolute Gasteiger partial charge is 0.407 e. The number of allylic oxidation sites excluding steroid dienone is 1. The van der Waals surface area contributed by atoms with Gasteiger partial charge in [0.2, 0.25) is 5.91 Å². The number of ether oxygens (including phenoxy) is 2. The summed E-state index contributed by atoms with van der Waals surface area (Å²) in [5, 5.41) is 7.29. The monoisotopic (exact) mass is 857 g/mol. The quantitative estimate of drug-likeness (QED) is 0.120. The SMILES string of the molecule is COC(=O)N[C@H](C(=O)N1CCC[C@H]1c1ncc(-c2ccc3cc(-c4ccc(C5=CN=C([C@@H]6CC(F)(F)CN6C(=O)[C@H](NC(=O)OC)c6ccccc6)C5)cc4)ccc3c2)[nH]1)C(C)C. The number of alkyl carbamates (subject to hydrolysis) is 2. The van der Waals surface area contributed by atoms with Gasteiger partial charge in [-0.1, -0.05) is 92.7 Å². The Hall–Kier alpha value is -6.90. The van der Waals surface area contributed by atoms with Gasteiger partial charge in [-0.2, -0.15) is 0 Å². The number of fused-ring (bicyclic) bond motifs is 1. The molecule has 1 aromatic heterocycles. The minimum atomic E-state index is -3.13. The number of aromatic amines is 1. The highest BCUT2D eigenvalue weighted by molar-refractivity contribution is 6.04. The molecule has 4 aromatic carbocycles. The van der Waals surface area contributed by atoms with Crippen molar-refractivity contribution < 1.29 is 37.4 Å². The molecule has 5 aromatic rings. The summed E-state index contributed by atoms with van der Waals surface area (Å²) in [5.74, 6) is -3.38. The van der Waals surface area contributed by atoms with E-state index in [0.717, 1.165) is 62.0 Å². The summed E-state index contributed by atoms with van der Waals surface area (Å²) in [6, 6.07) is 25.8. The molecule has 0 aliphatic carbocycles. The number of carbonyl (C=O) groups is 4. The van der Waals surface area contributed by atoms with Crippen molar-refractivity contribution >= 4 is 46.1 Å². The largest absolute Gasteiger partial charge is 0.453 e. The van der Waals surface area contributed by atoms with E-state index in [0.29, 0.717) is 30.1 Å². The van der Waals surface area contributed by atoms with Gasteiger partial charge in [0.05, 0.1) is 44.7 Å². The number of amides is 4. The number of H-pyrrole nitrogens is 1. The van der Waals surface area contributed by atoms with Crippen LogP contribution >= 0.6 is 0 Å². The predicted molar refractivity (Wildman–Crippen MR) is 235 cm³/mol. The Morgan fingerprint density at radius 1 is 0.794 bits per heavy atom. The molecule has 3 N–H and O–H groups in total. The molecule has 0 unspecified atom stereocenters. The second-order valence-electron chi connectivity index (χ2n) is 16.6. The van der Waals surface area contributed by atoms with Crippen LogP contribution in [-0.2, 0) is 19.1 Å². The lowest BCUT2D eigenvalue weighted by molar-refractivity contribution is -0.135. The summed E-state index contributed by atoms with van der Waals surface area (Å²) < 4.78 is 39.6. The number of methoxy groups -OCH3 is 2. The molecular weight excluding hydrogens is 809 g/mol.